The van der Waals surface area contributed by atoms with Gasteiger partial charge in [0.05, 0.1) is 22.2 Å². The molecule has 0 aliphatic rings. The number of hydrogen-bond acceptors (Lipinski definition) is 2. The van der Waals surface area contributed by atoms with Crippen molar-refractivity contribution in [1.29, 1.82) is 0 Å². The maximum absolute atomic E-state index is 13.9. The zero-order chi connectivity index (χ0) is 28.8. The van der Waals surface area contributed by atoms with Crippen LogP contribution in [0.25, 0.3) is 66.3 Å². The lowest BCUT2D eigenvalue weighted by Crippen LogP contribution is -2.21. The summed E-state index contributed by atoms with van der Waals surface area (Å²) < 4.78 is 3.44. The van der Waals surface area contributed by atoms with Crippen molar-refractivity contribution < 1.29 is 0 Å². The van der Waals surface area contributed by atoms with E-state index in [1.807, 2.05) is 135 Å². The summed E-state index contributed by atoms with van der Waals surface area (Å²) >= 11 is 0. The van der Waals surface area contributed by atoms with Gasteiger partial charge in [0, 0.05) is 36.0 Å². The standard InChI is InChI=1S/C38H28N2O2/c1-39-31-19-11-9-17-29(31)33(25-13-5-3-6-14-25)35(37(39)41)27-21-23-28(24-22-27)36-34(26-15-7-4-8-16-26)30-18-10-12-20-32(30)40(2)38(36)42/h3-24H,1-2H3. The number of benzene rings is 5. The van der Waals surface area contributed by atoms with Crippen molar-refractivity contribution in [2.45, 2.75) is 0 Å². The molecule has 2 heterocycles. The average Bonchev–Trinajstić information content (AvgIpc) is 3.05. The highest BCUT2D eigenvalue weighted by atomic mass is 16.1. The van der Waals surface area contributed by atoms with Crippen molar-refractivity contribution in [2.75, 3.05) is 0 Å². The minimum Gasteiger partial charge on any atom is -0.311 e. The predicted octanol–water partition coefficient (Wildman–Crippen LogP) is 8.06. The van der Waals surface area contributed by atoms with Gasteiger partial charge in [-0.1, -0.05) is 121 Å². The van der Waals surface area contributed by atoms with Gasteiger partial charge in [-0.3, -0.25) is 9.59 Å². The van der Waals surface area contributed by atoms with Crippen LogP contribution < -0.4 is 11.1 Å². The molecule has 0 unspecified atom stereocenters. The van der Waals surface area contributed by atoms with E-state index >= 15 is 0 Å². The van der Waals surface area contributed by atoms with Crippen LogP contribution in [0.4, 0.5) is 0 Å². The van der Waals surface area contributed by atoms with E-state index in [0.29, 0.717) is 11.1 Å². The van der Waals surface area contributed by atoms with Gasteiger partial charge in [-0.25, -0.2) is 0 Å². The number of aryl methyl sites for hydroxylation is 2. The largest absolute Gasteiger partial charge is 0.311 e. The van der Waals surface area contributed by atoms with E-state index in [9.17, 15) is 9.59 Å². The Morgan fingerprint density at radius 2 is 0.667 bits per heavy atom. The molecule has 202 valence electrons. The number of pyridine rings is 2. The number of nitrogens with zero attached hydrogens (tertiary/aromatic N) is 2. The first kappa shape index (κ1) is 25.5. The molecular formula is C38H28N2O2. The van der Waals surface area contributed by atoms with Crippen molar-refractivity contribution in [1.82, 2.24) is 9.13 Å². The van der Waals surface area contributed by atoms with Crippen LogP contribution in [0, 0.1) is 0 Å². The van der Waals surface area contributed by atoms with E-state index in [2.05, 4.69) is 12.1 Å². The molecule has 0 fully saturated rings. The molecule has 0 aliphatic carbocycles. The fraction of sp³-hybridized carbons (Fsp3) is 0.0526. The summed E-state index contributed by atoms with van der Waals surface area (Å²) in [4.78, 5) is 27.9. The molecule has 4 nitrogen and oxygen atoms in total. The molecule has 5 aromatic carbocycles. The molecule has 0 saturated carbocycles. The monoisotopic (exact) mass is 544 g/mol. The Balaban J connectivity index is 1.49. The van der Waals surface area contributed by atoms with Crippen LogP contribution in [-0.4, -0.2) is 9.13 Å². The Morgan fingerprint density at radius 1 is 0.357 bits per heavy atom. The minimum atomic E-state index is -0.0631. The summed E-state index contributed by atoms with van der Waals surface area (Å²) in [5.74, 6) is 0. The SMILES string of the molecule is Cn1c(=O)c(-c2ccc(-c3c(-c4ccccc4)c4ccccc4n(C)c3=O)cc2)c(-c2ccccc2)c2ccccc21. The first-order valence-corrected chi connectivity index (χ1v) is 14.0. The second-order valence-electron chi connectivity index (χ2n) is 10.6. The van der Waals surface area contributed by atoms with Gasteiger partial charge in [0.2, 0.25) is 0 Å². The van der Waals surface area contributed by atoms with Crippen LogP contribution in [0.3, 0.4) is 0 Å². The van der Waals surface area contributed by atoms with E-state index in [1.54, 1.807) is 9.13 Å². The van der Waals surface area contributed by atoms with Crippen molar-refractivity contribution in [3.8, 4) is 44.5 Å². The average molecular weight is 545 g/mol. The van der Waals surface area contributed by atoms with Crippen LogP contribution in [0.15, 0.2) is 143 Å². The normalized spacial score (nSPS) is 11.3. The number of aromatic nitrogens is 2. The molecule has 0 N–H and O–H groups in total. The van der Waals surface area contributed by atoms with Gasteiger partial charge >= 0.3 is 0 Å². The maximum Gasteiger partial charge on any atom is 0.259 e. The Morgan fingerprint density at radius 3 is 1.05 bits per heavy atom. The molecule has 0 spiro atoms. The van der Waals surface area contributed by atoms with Crippen LogP contribution in [-0.2, 0) is 14.1 Å². The summed E-state index contributed by atoms with van der Waals surface area (Å²) in [6.45, 7) is 0. The molecule has 0 radical (unpaired) electrons. The Kier molecular flexibility index (Phi) is 6.17. The Labute approximate surface area is 243 Å². The van der Waals surface area contributed by atoms with Gasteiger partial charge in [0.25, 0.3) is 11.1 Å². The maximum atomic E-state index is 13.9. The van der Waals surface area contributed by atoms with Crippen LogP contribution in [0.1, 0.15) is 0 Å². The number of hydrogen-bond donors (Lipinski definition) is 0. The van der Waals surface area contributed by atoms with E-state index in [1.165, 1.54) is 0 Å². The quantitative estimate of drug-likeness (QED) is 0.225. The zero-order valence-electron chi connectivity index (χ0n) is 23.4. The fourth-order valence-corrected chi connectivity index (χ4v) is 6.14. The topological polar surface area (TPSA) is 44.0 Å². The second-order valence-corrected chi connectivity index (χ2v) is 10.6. The number of fused-ring (bicyclic) bond motifs is 2. The molecule has 0 amide bonds. The minimum absolute atomic E-state index is 0.0631. The lowest BCUT2D eigenvalue weighted by Gasteiger charge is -2.18. The van der Waals surface area contributed by atoms with Crippen LogP contribution in [0.5, 0.6) is 0 Å². The van der Waals surface area contributed by atoms with Crippen molar-refractivity contribution in [2.24, 2.45) is 14.1 Å². The Bertz CT molecular complexity index is 2070. The van der Waals surface area contributed by atoms with Crippen LogP contribution in [0.2, 0.25) is 0 Å². The van der Waals surface area contributed by atoms with E-state index in [-0.39, 0.29) is 11.1 Å². The van der Waals surface area contributed by atoms with E-state index in [4.69, 9.17) is 0 Å². The molecule has 4 heteroatoms. The summed E-state index contributed by atoms with van der Waals surface area (Å²) in [7, 11) is 3.64. The molecular weight excluding hydrogens is 516 g/mol. The van der Waals surface area contributed by atoms with Gasteiger partial charge in [-0.05, 0) is 34.4 Å². The predicted molar refractivity (Wildman–Crippen MR) is 174 cm³/mol. The molecule has 7 rings (SSSR count). The lowest BCUT2D eigenvalue weighted by atomic mass is 9.89. The first-order valence-electron chi connectivity index (χ1n) is 14.0. The number of para-hydroxylation sites is 2. The van der Waals surface area contributed by atoms with Gasteiger partial charge in [-0.2, -0.15) is 0 Å². The third-order valence-corrected chi connectivity index (χ3v) is 8.19. The van der Waals surface area contributed by atoms with Gasteiger partial charge < -0.3 is 9.13 Å². The molecule has 7 aromatic rings. The molecule has 0 saturated heterocycles. The highest BCUT2D eigenvalue weighted by molar-refractivity contribution is 6.04. The third-order valence-electron chi connectivity index (χ3n) is 8.19. The fourth-order valence-electron chi connectivity index (χ4n) is 6.14. The summed E-state index contributed by atoms with van der Waals surface area (Å²) in [5, 5.41) is 2.03. The number of rotatable bonds is 4. The Hall–Kier alpha value is -5.48. The smallest absolute Gasteiger partial charge is 0.259 e. The van der Waals surface area contributed by atoms with Crippen molar-refractivity contribution in [3.05, 3.63) is 154 Å². The summed E-state index contributed by atoms with van der Waals surface area (Å²) in [6.07, 6.45) is 0. The molecule has 0 atom stereocenters. The summed E-state index contributed by atoms with van der Waals surface area (Å²) in [5.41, 5.74) is 8.34. The van der Waals surface area contributed by atoms with E-state index in [0.717, 1.165) is 55.2 Å². The van der Waals surface area contributed by atoms with Crippen LogP contribution >= 0.6 is 0 Å². The zero-order valence-corrected chi connectivity index (χ0v) is 23.4. The van der Waals surface area contributed by atoms with Gasteiger partial charge in [0.1, 0.15) is 0 Å². The first-order chi connectivity index (χ1) is 20.5. The van der Waals surface area contributed by atoms with Crippen molar-refractivity contribution in [3.63, 3.8) is 0 Å². The van der Waals surface area contributed by atoms with Crippen molar-refractivity contribution >= 4 is 21.8 Å². The molecule has 2 aromatic heterocycles. The van der Waals surface area contributed by atoms with Gasteiger partial charge in [-0.15, -0.1) is 0 Å². The van der Waals surface area contributed by atoms with Gasteiger partial charge in [0.15, 0.2) is 0 Å². The molecule has 0 aliphatic heterocycles. The molecule has 0 bridgehead atoms. The highest BCUT2D eigenvalue weighted by Gasteiger charge is 2.21. The third kappa shape index (κ3) is 4.00. The summed E-state index contributed by atoms with van der Waals surface area (Å²) in [6, 6.07) is 44.0. The highest BCUT2D eigenvalue weighted by Crippen LogP contribution is 2.38. The molecule has 42 heavy (non-hydrogen) atoms. The van der Waals surface area contributed by atoms with E-state index < -0.39 is 0 Å². The second kappa shape index (κ2) is 10.2. The lowest BCUT2D eigenvalue weighted by molar-refractivity contribution is 0.909.